The average Bonchev–Trinajstić information content (AvgIpc) is 2.75. The van der Waals surface area contributed by atoms with Crippen molar-refractivity contribution in [3.05, 3.63) is 70.0 Å². The van der Waals surface area contributed by atoms with Crippen molar-refractivity contribution < 1.29 is 9.53 Å². The Balaban J connectivity index is 1.40. The van der Waals surface area contributed by atoms with E-state index in [0.717, 1.165) is 49.8 Å². The molecule has 2 aromatic carbocycles. The molecule has 0 spiro atoms. The number of carbonyl (C=O) groups is 1. The number of carbonyl (C=O) groups excluding carboxylic acids is 1. The van der Waals surface area contributed by atoms with Gasteiger partial charge in [0.2, 0.25) is 5.69 Å². The van der Waals surface area contributed by atoms with E-state index in [4.69, 9.17) is 22.9 Å². The van der Waals surface area contributed by atoms with E-state index in [1.165, 1.54) is 5.56 Å². The van der Waals surface area contributed by atoms with Crippen LogP contribution in [-0.2, 0) is 0 Å². The number of hydrogen-bond acceptors (Lipinski definition) is 2. The second-order valence-electron chi connectivity index (χ2n) is 9.02. The maximum atomic E-state index is 12.9. The maximum Gasteiger partial charge on any atom is 0.251 e. The summed E-state index contributed by atoms with van der Waals surface area (Å²) in [5, 5.41) is 3.77. The molecule has 0 heterocycles. The van der Waals surface area contributed by atoms with Crippen molar-refractivity contribution in [2.75, 3.05) is 0 Å². The largest absolute Gasteiger partial charge is 0.487 e. The van der Waals surface area contributed by atoms with Gasteiger partial charge in [0.05, 0.1) is 11.6 Å². The van der Waals surface area contributed by atoms with Gasteiger partial charge in [-0.3, -0.25) is 4.79 Å². The highest BCUT2D eigenvalue weighted by molar-refractivity contribution is 6.33. The second-order valence-corrected chi connectivity index (χ2v) is 9.43. The molecule has 3 saturated carbocycles. The molecule has 0 unspecified atom stereocenters. The van der Waals surface area contributed by atoms with Crippen molar-refractivity contribution in [3.8, 4) is 5.75 Å². The molecule has 3 aliphatic rings. The lowest BCUT2D eigenvalue weighted by molar-refractivity contribution is -0.0507. The first-order chi connectivity index (χ1) is 14.3. The van der Waals surface area contributed by atoms with E-state index >= 15 is 0 Å². The van der Waals surface area contributed by atoms with Crippen LogP contribution in [0.2, 0.25) is 5.02 Å². The fraction of sp³-hybridized carbons (Fsp3) is 0.440. The molecule has 0 radical (unpaired) electrons. The molecule has 0 saturated heterocycles. The Kier molecular flexibility index (Phi) is 5.51. The van der Waals surface area contributed by atoms with Crippen LogP contribution in [0.5, 0.6) is 5.75 Å². The number of ether oxygens (including phenoxy) is 1. The van der Waals surface area contributed by atoms with Crippen LogP contribution in [0, 0.1) is 6.57 Å². The van der Waals surface area contributed by atoms with Gasteiger partial charge in [-0.25, -0.2) is 4.85 Å². The standard InChI is InChI=1S/C25H27ClN2O2/c1-17(2)18-4-6-19(7-5-18)23(29)28-24-10-13-25(14-11-24,15-12-24)30-20-8-9-22(27-3)21(26)16-20/h4-9,16-17H,10-15H2,1-2H3,(H,28,29). The Bertz CT molecular complexity index is 967. The first-order valence-electron chi connectivity index (χ1n) is 10.6. The van der Waals surface area contributed by atoms with Gasteiger partial charge in [-0.1, -0.05) is 43.6 Å². The quantitative estimate of drug-likeness (QED) is 0.547. The molecule has 0 aliphatic heterocycles. The lowest BCUT2D eigenvalue weighted by Crippen LogP contribution is -2.60. The maximum absolute atomic E-state index is 12.9. The van der Waals surface area contributed by atoms with Crippen molar-refractivity contribution in [3.63, 3.8) is 0 Å². The van der Waals surface area contributed by atoms with Gasteiger partial charge < -0.3 is 10.1 Å². The molecular formula is C25H27ClN2O2. The predicted molar refractivity (Wildman–Crippen MR) is 120 cm³/mol. The van der Waals surface area contributed by atoms with Crippen LogP contribution in [-0.4, -0.2) is 17.0 Å². The van der Waals surface area contributed by atoms with Crippen LogP contribution >= 0.6 is 11.6 Å². The number of benzene rings is 2. The number of rotatable bonds is 5. The zero-order valence-corrected chi connectivity index (χ0v) is 18.3. The summed E-state index contributed by atoms with van der Waals surface area (Å²) in [6.07, 6.45) is 5.45. The first-order valence-corrected chi connectivity index (χ1v) is 11.0. The Labute approximate surface area is 183 Å². The van der Waals surface area contributed by atoms with Crippen LogP contribution in [0.1, 0.15) is 74.2 Å². The van der Waals surface area contributed by atoms with Crippen molar-refractivity contribution in [1.82, 2.24) is 5.32 Å². The number of amides is 1. The number of fused-ring (bicyclic) bond motifs is 3. The molecular weight excluding hydrogens is 396 g/mol. The molecule has 30 heavy (non-hydrogen) atoms. The van der Waals surface area contributed by atoms with E-state index in [2.05, 4.69) is 24.0 Å². The topological polar surface area (TPSA) is 42.7 Å². The molecule has 5 heteroatoms. The highest BCUT2D eigenvalue weighted by Crippen LogP contribution is 2.49. The summed E-state index contributed by atoms with van der Waals surface area (Å²) in [5.74, 6) is 1.19. The zero-order valence-electron chi connectivity index (χ0n) is 17.5. The van der Waals surface area contributed by atoms with E-state index in [1.54, 1.807) is 12.1 Å². The third-order valence-electron chi connectivity index (χ3n) is 6.77. The SMILES string of the molecule is [C-]#[N+]c1ccc(OC23CCC(NC(=O)c4ccc(C(C)C)cc4)(CC2)CC3)cc1Cl. The van der Waals surface area contributed by atoms with Crippen LogP contribution in [0.15, 0.2) is 42.5 Å². The van der Waals surface area contributed by atoms with Gasteiger partial charge in [-0.15, -0.1) is 0 Å². The normalized spacial score (nSPS) is 25.0. The number of nitrogens with zero attached hydrogens (tertiary/aromatic N) is 1. The summed E-state index contributed by atoms with van der Waals surface area (Å²) >= 11 is 6.17. The molecule has 3 fully saturated rings. The van der Waals surface area contributed by atoms with E-state index in [1.807, 2.05) is 30.3 Å². The highest BCUT2D eigenvalue weighted by atomic mass is 35.5. The van der Waals surface area contributed by atoms with Gasteiger partial charge in [-0.2, -0.15) is 0 Å². The molecule has 1 amide bonds. The smallest absolute Gasteiger partial charge is 0.251 e. The van der Waals surface area contributed by atoms with Gasteiger partial charge in [0.25, 0.3) is 5.91 Å². The monoisotopic (exact) mass is 422 g/mol. The lowest BCUT2D eigenvalue weighted by atomic mass is 9.63. The third-order valence-corrected chi connectivity index (χ3v) is 7.07. The minimum atomic E-state index is -0.200. The number of nitrogens with one attached hydrogen (secondary N) is 1. The molecule has 2 aromatic rings. The minimum absolute atomic E-state index is 0.0159. The van der Waals surface area contributed by atoms with Crippen LogP contribution < -0.4 is 10.1 Å². The summed E-state index contributed by atoms with van der Waals surface area (Å²) in [7, 11) is 0. The highest BCUT2D eigenvalue weighted by Gasteiger charge is 2.50. The van der Waals surface area contributed by atoms with E-state index in [-0.39, 0.29) is 17.0 Å². The Morgan fingerprint density at radius 2 is 1.70 bits per heavy atom. The molecule has 0 atom stereocenters. The van der Waals surface area contributed by atoms with Crippen molar-refractivity contribution in [1.29, 1.82) is 0 Å². The molecule has 4 nitrogen and oxygen atoms in total. The van der Waals surface area contributed by atoms with E-state index in [9.17, 15) is 4.79 Å². The number of halogens is 1. The number of hydrogen-bond donors (Lipinski definition) is 1. The molecule has 2 bridgehead atoms. The van der Waals surface area contributed by atoms with Crippen LogP contribution in [0.25, 0.3) is 4.85 Å². The summed E-state index contributed by atoms with van der Waals surface area (Å²) in [6, 6.07) is 13.2. The fourth-order valence-corrected chi connectivity index (χ4v) is 4.93. The Morgan fingerprint density at radius 1 is 1.07 bits per heavy atom. The van der Waals surface area contributed by atoms with Gasteiger partial charge >= 0.3 is 0 Å². The Morgan fingerprint density at radius 3 is 2.23 bits per heavy atom. The van der Waals surface area contributed by atoms with Gasteiger partial charge in [0.15, 0.2) is 0 Å². The van der Waals surface area contributed by atoms with Crippen molar-refractivity contribution in [2.24, 2.45) is 0 Å². The van der Waals surface area contributed by atoms with Gasteiger partial charge in [0, 0.05) is 11.1 Å². The molecule has 156 valence electrons. The van der Waals surface area contributed by atoms with Gasteiger partial charge in [-0.05, 0) is 74.3 Å². The van der Waals surface area contributed by atoms with Crippen LogP contribution in [0.3, 0.4) is 0 Å². The fourth-order valence-electron chi connectivity index (χ4n) is 4.72. The summed E-state index contributed by atoms with van der Waals surface area (Å²) in [5.41, 5.74) is 2.07. The molecule has 5 rings (SSSR count). The van der Waals surface area contributed by atoms with Crippen LogP contribution in [0.4, 0.5) is 5.69 Å². The average molecular weight is 423 g/mol. The molecule has 1 N–H and O–H groups in total. The molecule has 0 aromatic heterocycles. The van der Waals surface area contributed by atoms with Crippen molar-refractivity contribution in [2.45, 2.75) is 69.4 Å². The lowest BCUT2D eigenvalue weighted by Gasteiger charge is -2.53. The zero-order chi connectivity index (χ0) is 21.4. The second kappa shape index (κ2) is 7.96. The minimum Gasteiger partial charge on any atom is -0.487 e. The first kappa shape index (κ1) is 20.8. The summed E-state index contributed by atoms with van der Waals surface area (Å²) < 4.78 is 6.38. The predicted octanol–water partition coefficient (Wildman–Crippen LogP) is 6.67. The third kappa shape index (κ3) is 4.04. The van der Waals surface area contributed by atoms with Crippen molar-refractivity contribution >= 4 is 23.2 Å². The Hall–Kier alpha value is -2.51. The molecule has 3 aliphatic carbocycles. The summed E-state index contributed by atoms with van der Waals surface area (Å²) in [4.78, 5) is 16.3. The van der Waals surface area contributed by atoms with E-state index < -0.39 is 0 Å². The van der Waals surface area contributed by atoms with Gasteiger partial charge in [0.1, 0.15) is 11.4 Å². The summed E-state index contributed by atoms with van der Waals surface area (Å²) in [6.45, 7) is 11.4. The van der Waals surface area contributed by atoms with E-state index in [0.29, 0.717) is 16.6 Å².